The summed E-state index contributed by atoms with van der Waals surface area (Å²) in [5.41, 5.74) is 4.49. The molecule has 0 spiro atoms. The Kier molecular flexibility index (Phi) is 6.41. The highest BCUT2D eigenvalue weighted by Crippen LogP contribution is 2.33. The molecule has 1 aliphatic heterocycles. The van der Waals surface area contributed by atoms with Crippen molar-refractivity contribution in [2.24, 2.45) is 0 Å². The van der Waals surface area contributed by atoms with E-state index in [0.717, 1.165) is 16.4 Å². The van der Waals surface area contributed by atoms with Crippen molar-refractivity contribution in [3.63, 3.8) is 0 Å². The number of hydrogen-bond donors (Lipinski definition) is 0. The van der Waals surface area contributed by atoms with Crippen molar-refractivity contribution in [2.75, 3.05) is 45.3 Å². The number of methoxy groups -OCH3 is 2. The Hall–Kier alpha value is -2.62. The highest BCUT2D eigenvalue weighted by Gasteiger charge is 2.32. The van der Waals surface area contributed by atoms with Crippen LogP contribution in [-0.2, 0) is 10.0 Å². The molecule has 0 radical (unpaired) electrons. The summed E-state index contributed by atoms with van der Waals surface area (Å²) in [5.74, 6) is 0.788. The normalized spacial score (nSPS) is 15.1. The van der Waals surface area contributed by atoms with Gasteiger partial charge in [-0.3, -0.25) is 0 Å². The molecule has 1 aromatic heterocycles. The van der Waals surface area contributed by atoms with Crippen molar-refractivity contribution < 1.29 is 17.9 Å². The van der Waals surface area contributed by atoms with E-state index in [0.29, 0.717) is 37.7 Å². The van der Waals surface area contributed by atoms with Crippen molar-refractivity contribution >= 4 is 26.5 Å². The standard InChI is InChI=1S/C23H27N3O4S2/c1-16-5-6-17(2)19(13-16)20-15-31-23(24-20)25-9-11-26(12-10-25)32(27,28)22-14-18(29-3)7-8-21(22)30-4/h5-8,13-15H,9-12H2,1-4H3. The zero-order valence-corrected chi connectivity index (χ0v) is 20.3. The number of ether oxygens (including phenoxy) is 2. The number of thiazole rings is 1. The lowest BCUT2D eigenvalue weighted by molar-refractivity contribution is 0.370. The summed E-state index contributed by atoms with van der Waals surface area (Å²) in [5, 5.41) is 2.98. The molecule has 170 valence electrons. The molecule has 0 saturated carbocycles. The van der Waals surface area contributed by atoms with Crippen molar-refractivity contribution in [3.8, 4) is 22.8 Å². The second-order valence-corrected chi connectivity index (χ2v) is 10.5. The zero-order valence-electron chi connectivity index (χ0n) is 18.7. The predicted octanol–water partition coefficient (Wildman–Crippen LogP) is 3.96. The van der Waals surface area contributed by atoms with Gasteiger partial charge in [-0.1, -0.05) is 17.7 Å². The van der Waals surface area contributed by atoms with Gasteiger partial charge in [0.1, 0.15) is 16.4 Å². The molecular formula is C23H27N3O4S2. The van der Waals surface area contributed by atoms with Gasteiger partial charge >= 0.3 is 0 Å². The highest BCUT2D eigenvalue weighted by atomic mass is 32.2. The van der Waals surface area contributed by atoms with Gasteiger partial charge in [-0.15, -0.1) is 11.3 Å². The molecule has 7 nitrogen and oxygen atoms in total. The number of anilines is 1. The minimum atomic E-state index is -3.71. The number of rotatable bonds is 6. The zero-order chi connectivity index (χ0) is 22.9. The van der Waals surface area contributed by atoms with Gasteiger partial charge in [0.05, 0.1) is 19.9 Å². The molecule has 1 saturated heterocycles. The second-order valence-electron chi connectivity index (χ2n) is 7.74. The first-order valence-electron chi connectivity index (χ1n) is 10.3. The first-order chi connectivity index (χ1) is 15.3. The van der Waals surface area contributed by atoms with E-state index >= 15 is 0 Å². The monoisotopic (exact) mass is 473 g/mol. The molecule has 2 heterocycles. The number of benzene rings is 2. The number of aromatic nitrogens is 1. The minimum absolute atomic E-state index is 0.124. The summed E-state index contributed by atoms with van der Waals surface area (Å²) in [6, 6.07) is 11.2. The van der Waals surface area contributed by atoms with Crippen LogP contribution in [-0.4, -0.2) is 58.1 Å². The summed E-state index contributed by atoms with van der Waals surface area (Å²) in [6.07, 6.45) is 0. The minimum Gasteiger partial charge on any atom is -0.497 e. The van der Waals surface area contributed by atoms with Gasteiger partial charge in [0.2, 0.25) is 10.0 Å². The maximum Gasteiger partial charge on any atom is 0.247 e. The lowest BCUT2D eigenvalue weighted by atomic mass is 10.0. The fourth-order valence-corrected chi connectivity index (χ4v) is 6.26. The van der Waals surface area contributed by atoms with Gasteiger partial charge in [-0.2, -0.15) is 4.31 Å². The van der Waals surface area contributed by atoms with Gasteiger partial charge in [-0.05, 0) is 37.6 Å². The fraction of sp³-hybridized carbons (Fsp3) is 0.348. The Morgan fingerprint density at radius 3 is 2.41 bits per heavy atom. The van der Waals surface area contributed by atoms with E-state index < -0.39 is 10.0 Å². The van der Waals surface area contributed by atoms with E-state index in [1.54, 1.807) is 23.5 Å². The molecule has 1 aliphatic rings. The summed E-state index contributed by atoms with van der Waals surface area (Å²) in [7, 11) is -0.728. The van der Waals surface area contributed by atoms with Gasteiger partial charge < -0.3 is 14.4 Å². The van der Waals surface area contributed by atoms with Crippen molar-refractivity contribution in [1.29, 1.82) is 0 Å². The Morgan fingerprint density at radius 1 is 0.969 bits per heavy atom. The van der Waals surface area contributed by atoms with Crippen molar-refractivity contribution in [3.05, 3.63) is 52.9 Å². The molecule has 3 aromatic rings. The summed E-state index contributed by atoms with van der Waals surface area (Å²) in [4.78, 5) is 7.11. The topological polar surface area (TPSA) is 72.0 Å². The molecule has 1 fully saturated rings. The highest BCUT2D eigenvalue weighted by molar-refractivity contribution is 7.89. The molecule has 0 atom stereocenters. The van der Waals surface area contributed by atoms with E-state index in [-0.39, 0.29) is 4.90 Å². The lowest BCUT2D eigenvalue weighted by Crippen LogP contribution is -2.48. The Morgan fingerprint density at radius 2 is 1.72 bits per heavy atom. The SMILES string of the molecule is COc1ccc(OC)c(S(=O)(=O)N2CCN(c3nc(-c4cc(C)ccc4C)cs3)CC2)c1. The number of aryl methyl sites for hydroxylation is 2. The van der Waals surface area contributed by atoms with E-state index in [1.165, 1.54) is 35.7 Å². The van der Waals surface area contributed by atoms with Crippen LogP contribution in [0.2, 0.25) is 0 Å². The third-order valence-electron chi connectivity index (χ3n) is 5.66. The average Bonchev–Trinajstić information content (AvgIpc) is 3.30. The van der Waals surface area contributed by atoms with Crippen LogP contribution in [0.1, 0.15) is 11.1 Å². The first kappa shape index (κ1) is 22.6. The third-order valence-corrected chi connectivity index (χ3v) is 8.48. The van der Waals surface area contributed by atoms with Crippen LogP contribution in [0, 0.1) is 13.8 Å². The molecule has 9 heteroatoms. The quantitative estimate of drug-likeness (QED) is 0.540. The molecular weight excluding hydrogens is 446 g/mol. The number of hydrogen-bond acceptors (Lipinski definition) is 7. The molecule has 0 aliphatic carbocycles. The van der Waals surface area contributed by atoms with Crippen LogP contribution in [0.3, 0.4) is 0 Å². The molecule has 0 unspecified atom stereocenters. The second kappa shape index (κ2) is 9.09. The number of nitrogens with zero attached hydrogens (tertiary/aromatic N) is 3. The van der Waals surface area contributed by atoms with Crippen LogP contribution in [0.5, 0.6) is 11.5 Å². The molecule has 2 aromatic carbocycles. The summed E-state index contributed by atoms with van der Waals surface area (Å²) >= 11 is 1.59. The largest absolute Gasteiger partial charge is 0.497 e. The van der Waals surface area contributed by atoms with E-state index in [2.05, 4.69) is 42.3 Å². The van der Waals surface area contributed by atoms with Gasteiger partial charge in [0.25, 0.3) is 0 Å². The molecule has 32 heavy (non-hydrogen) atoms. The van der Waals surface area contributed by atoms with Crippen LogP contribution < -0.4 is 14.4 Å². The Balaban J connectivity index is 1.50. The van der Waals surface area contributed by atoms with Crippen molar-refractivity contribution in [1.82, 2.24) is 9.29 Å². The molecule has 4 rings (SSSR count). The molecule has 0 amide bonds. The third kappa shape index (κ3) is 4.32. The van der Waals surface area contributed by atoms with Gasteiger partial charge in [0.15, 0.2) is 5.13 Å². The molecule has 0 N–H and O–H groups in total. The Bertz CT molecular complexity index is 1220. The first-order valence-corrected chi connectivity index (χ1v) is 12.7. The van der Waals surface area contributed by atoms with Crippen LogP contribution in [0.4, 0.5) is 5.13 Å². The van der Waals surface area contributed by atoms with Gasteiger partial charge in [0, 0.05) is 43.2 Å². The fourth-order valence-electron chi connectivity index (χ4n) is 3.79. The predicted molar refractivity (Wildman–Crippen MR) is 128 cm³/mol. The molecule has 0 bridgehead atoms. The maximum absolute atomic E-state index is 13.3. The number of sulfonamides is 1. The van der Waals surface area contributed by atoms with Crippen molar-refractivity contribution in [2.45, 2.75) is 18.7 Å². The van der Waals surface area contributed by atoms with E-state index in [1.807, 2.05) is 0 Å². The van der Waals surface area contributed by atoms with E-state index in [4.69, 9.17) is 14.5 Å². The maximum atomic E-state index is 13.3. The average molecular weight is 474 g/mol. The summed E-state index contributed by atoms with van der Waals surface area (Å²) in [6.45, 7) is 6.07. The smallest absolute Gasteiger partial charge is 0.247 e. The van der Waals surface area contributed by atoms with Crippen LogP contribution in [0.15, 0.2) is 46.7 Å². The van der Waals surface area contributed by atoms with Crippen LogP contribution in [0.25, 0.3) is 11.3 Å². The Labute approximate surface area is 193 Å². The number of piperazine rings is 1. The summed E-state index contributed by atoms with van der Waals surface area (Å²) < 4.78 is 38.6. The van der Waals surface area contributed by atoms with E-state index in [9.17, 15) is 8.42 Å². The lowest BCUT2D eigenvalue weighted by Gasteiger charge is -2.34. The van der Waals surface area contributed by atoms with Crippen LogP contribution >= 0.6 is 11.3 Å². The van der Waals surface area contributed by atoms with Gasteiger partial charge in [-0.25, -0.2) is 13.4 Å².